The van der Waals surface area contributed by atoms with Gasteiger partial charge in [-0.25, -0.2) is 4.79 Å². The molecule has 1 aliphatic heterocycles. The number of hydrogen-bond acceptors (Lipinski definition) is 5. The highest BCUT2D eigenvalue weighted by atomic mass is 16.6. The lowest BCUT2D eigenvalue weighted by Crippen LogP contribution is -2.40. The minimum atomic E-state index is -0.390. The summed E-state index contributed by atoms with van der Waals surface area (Å²) in [6.07, 6.45) is 2.54. The summed E-state index contributed by atoms with van der Waals surface area (Å²) in [5.74, 6) is 0.588. The molecule has 0 radical (unpaired) electrons. The van der Waals surface area contributed by atoms with E-state index in [1.54, 1.807) is 12.1 Å². The molecule has 1 aromatic carbocycles. The van der Waals surface area contributed by atoms with Crippen LogP contribution in [-0.4, -0.2) is 50.8 Å². The van der Waals surface area contributed by atoms with E-state index < -0.39 is 0 Å². The Morgan fingerprint density at radius 1 is 1.35 bits per heavy atom. The van der Waals surface area contributed by atoms with Crippen molar-refractivity contribution in [1.82, 2.24) is 10.6 Å². The molecule has 1 fully saturated rings. The molecule has 2 N–H and O–H groups in total. The van der Waals surface area contributed by atoms with Crippen LogP contribution < -0.4 is 10.6 Å². The van der Waals surface area contributed by atoms with Gasteiger partial charge in [-0.05, 0) is 37.4 Å². The number of aldehydes is 1. The Labute approximate surface area is 155 Å². The van der Waals surface area contributed by atoms with Crippen molar-refractivity contribution in [3.8, 4) is 0 Å². The van der Waals surface area contributed by atoms with Crippen LogP contribution in [0.25, 0.3) is 0 Å². The van der Waals surface area contributed by atoms with Crippen LogP contribution >= 0.6 is 0 Å². The van der Waals surface area contributed by atoms with Crippen molar-refractivity contribution < 1.29 is 19.1 Å². The first-order valence-corrected chi connectivity index (χ1v) is 9.36. The number of benzene rings is 1. The van der Waals surface area contributed by atoms with Crippen LogP contribution in [0, 0.1) is 5.92 Å². The van der Waals surface area contributed by atoms with Gasteiger partial charge in [0.25, 0.3) is 0 Å². The smallest absolute Gasteiger partial charge is 0.407 e. The minimum Gasteiger partial charge on any atom is -0.444 e. The second-order valence-corrected chi connectivity index (χ2v) is 7.18. The van der Waals surface area contributed by atoms with Crippen LogP contribution in [0.5, 0.6) is 0 Å². The van der Waals surface area contributed by atoms with Gasteiger partial charge in [0.1, 0.15) is 12.4 Å². The molecule has 2 rings (SSSR count). The Hall–Kier alpha value is -1.92. The maximum Gasteiger partial charge on any atom is 0.407 e. The molecule has 1 aliphatic rings. The van der Waals surface area contributed by atoms with E-state index in [0.717, 1.165) is 37.8 Å². The molecule has 1 heterocycles. The van der Waals surface area contributed by atoms with Gasteiger partial charge in [0.15, 0.2) is 0 Å². The number of carbonyl (C=O) groups is 2. The molecule has 1 aromatic rings. The summed E-state index contributed by atoms with van der Waals surface area (Å²) < 4.78 is 10.7. The Bertz CT molecular complexity index is 553. The van der Waals surface area contributed by atoms with Crippen LogP contribution in [0.15, 0.2) is 24.3 Å². The molecule has 6 heteroatoms. The molecule has 0 bridgehead atoms. The molecule has 0 saturated carbocycles. The molecule has 1 amide bonds. The van der Waals surface area contributed by atoms with Crippen LogP contribution in [0.1, 0.15) is 42.6 Å². The van der Waals surface area contributed by atoms with E-state index in [-0.39, 0.29) is 18.2 Å². The number of ether oxygens (including phenoxy) is 2. The molecule has 0 aliphatic carbocycles. The first-order valence-electron chi connectivity index (χ1n) is 9.36. The molecule has 1 saturated heterocycles. The summed E-state index contributed by atoms with van der Waals surface area (Å²) >= 11 is 0. The second kappa shape index (κ2) is 10.9. The molecular formula is C20H30N2O4. The van der Waals surface area contributed by atoms with Gasteiger partial charge in [-0.15, -0.1) is 0 Å². The summed E-state index contributed by atoms with van der Waals surface area (Å²) in [5.41, 5.74) is 1.73. The van der Waals surface area contributed by atoms with Crippen molar-refractivity contribution in [2.45, 2.75) is 45.3 Å². The van der Waals surface area contributed by atoms with Gasteiger partial charge >= 0.3 is 6.09 Å². The zero-order chi connectivity index (χ0) is 18.8. The number of nitrogens with one attached hydrogen (secondary N) is 2. The molecule has 26 heavy (non-hydrogen) atoms. The fourth-order valence-corrected chi connectivity index (χ4v) is 2.87. The fraction of sp³-hybridized carbons (Fsp3) is 0.600. The lowest BCUT2D eigenvalue weighted by atomic mass is 10.0. The number of amides is 1. The molecule has 0 aromatic heterocycles. The Morgan fingerprint density at radius 3 is 2.73 bits per heavy atom. The highest BCUT2D eigenvalue weighted by molar-refractivity contribution is 5.74. The Morgan fingerprint density at radius 2 is 2.12 bits per heavy atom. The van der Waals surface area contributed by atoms with Crippen molar-refractivity contribution >= 4 is 12.4 Å². The quantitative estimate of drug-likeness (QED) is 0.494. The zero-order valence-corrected chi connectivity index (χ0v) is 15.7. The summed E-state index contributed by atoms with van der Waals surface area (Å²) in [6.45, 7) is 7.22. The highest BCUT2D eigenvalue weighted by Crippen LogP contribution is 2.11. The van der Waals surface area contributed by atoms with Crippen LogP contribution in [0.4, 0.5) is 4.79 Å². The molecular weight excluding hydrogens is 332 g/mol. The predicted octanol–water partition coefficient (Wildman–Crippen LogP) is 2.56. The third kappa shape index (κ3) is 7.54. The van der Waals surface area contributed by atoms with E-state index in [4.69, 9.17) is 9.47 Å². The number of alkyl carbamates (subject to hydrolysis) is 1. The van der Waals surface area contributed by atoms with Crippen molar-refractivity contribution in [2.24, 2.45) is 5.92 Å². The van der Waals surface area contributed by atoms with E-state index >= 15 is 0 Å². The van der Waals surface area contributed by atoms with Gasteiger partial charge in [0, 0.05) is 18.0 Å². The summed E-state index contributed by atoms with van der Waals surface area (Å²) in [6, 6.07) is 7.41. The van der Waals surface area contributed by atoms with Gasteiger partial charge in [-0.3, -0.25) is 4.79 Å². The average Bonchev–Trinajstić information content (AvgIpc) is 3.12. The van der Waals surface area contributed by atoms with Crippen LogP contribution in [0.3, 0.4) is 0 Å². The van der Waals surface area contributed by atoms with E-state index in [0.29, 0.717) is 31.1 Å². The summed E-state index contributed by atoms with van der Waals surface area (Å²) in [7, 11) is 0. The zero-order valence-electron chi connectivity index (χ0n) is 15.7. The maximum atomic E-state index is 12.2. The van der Waals surface area contributed by atoms with Crippen molar-refractivity contribution in [1.29, 1.82) is 0 Å². The number of rotatable bonds is 10. The van der Waals surface area contributed by atoms with E-state index in [1.165, 1.54) is 0 Å². The third-order valence-corrected chi connectivity index (χ3v) is 4.30. The van der Waals surface area contributed by atoms with E-state index in [1.807, 2.05) is 12.1 Å². The monoisotopic (exact) mass is 362 g/mol. The molecule has 0 unspecified atom stereocenters. The highest BCUT2D eigenvalue weighted by Gasteiger charge is 2.21. The lowest BCUT2D eigenvalue weighted by Gasteiger charge is -2.21. The van der Waals surface area contributed by atoms with Gasteiger partial charge in [-0.1, -0.05) is 38.1 Å². The fourth-order valence-electron chi connectivity index (χ4n) is 2.87. The number of hydrogen-bond donors (Lipinski definition) is 2. The molecule has 144 valence electrons. The van der Waals surface area contributed by atoms with Crippen molar-refractivity contribution in [2.75, 3.05) is 26.3 Å². The molecule has 2 atom stereocenters. The van der Waals surface area contributed by atoms with Crippen molar-refractivity contribution in [3.05, 3.63) is 35.4 Å². The van der Waals surface area contributed by atoms with Crippen LogP contribution in [-0.2, 0) is 15.9 Å². The largest absolute Gasteiger partial charge is 0.444 e. The topological polar surface area (TPSA) is 76.7 Å². The van der Waals surface area contributed by atoms with E-state index in [2.05, 4.69) is 24.5 Å². The number of carbonyl (C=O) groups excluding carboxylic acids is 2. The van der Waals surface area contributed by atoms with E-state index in [9.17, 15) is 9.59 Å². The molecule has 0 spiro atoms. The molecule has 6 nitrogen and oxygen atoms in total. The lowest BCUT2D eigenvalue weighted by molar-refractivity contribution is 0.0805. The maximum absolute atomic E-state index is 12.2. The van der Waals surface area contributed by atoms with Crippen LogP contribution in [0.2, 0.25) is 0 Å². The van der Waals surface area contributed by atoms with Gasteiger partial charge in [0.05, 0.1) is 13.2 Å². The SMILES string of the molecule is CC(C)CNCC[C@H](Cc1ccc(C=O)cc1)NC(=O)O[C@@H]1CCOC1. The van der Waals surface area contributed by atoms with Gasteiger partial charge in [-0.2, -0.15) is 0 Å². The first kappa shape index (κ1) is 20.4. The van der Waals surface area contributed by atoms with Gasteiger partial charge in [0.2, 0.25) is 0 Å². The van der Waals surface area contributed by atoms with Gasteiger partial charge < -0.3 is 20.1 Å². The Balaban J connectivity index is 1.88. The average molecular weight is 362 g/mol. The third-order valence-electron chi connectivity index (χ3n) is 4.30. The Kier molecular flexibility index (Phi) is 8.58. The normalized spacial score (nSPS) is 17.9. The predicted molar refractivity (Wildman–Crippen MR) is 100 cm³/mol. The standard InChI is InChI=1S/C20H30N2O4/c1-15(2)12-21-9-7-18(11-16-3-5-17(13-23)6-4-16)22-20(24)26-19-8-10-25-14-19/h3-6,13,15,18-19,21H,7-12,14H2,1-2H3,(H,22,24)/t18-,19-/m1/s1. The summed E-state index contributed by atoms with van der Waals surface area (Å²) in [4.78, 5) is 23.0. The minimum absolute atomic E-state index is 0.0356. The van der Waals surface area contributed by atoms with Crippen molar-refractivity contribution in [3.63, 3.8) is 0 Å². The first-order chi connectivity index (χ1) is 12.6. The summed E-state index contributed by atoms with van der Waals surface area (Å²) in [5, 5.41) is 6.39. The second-order valence-electron chi connectivity index (χ2n) is 7.18.